The summed E-state index contributed by atoms with van der Waals surface area (Å²) in [5.41, 5.74) is 2.58. The minimum absolute atomic E-state index is 0.666. The minimum Gasteiger partial charge on any atom is -0.300 e. The molecule has 1 fully saturated rings. The zero-order valence-electron chi connectivity index (χ0n) is 10.4. The summed E-state index contributed by atoms with van der Waals surface area (Å²) in [6.07, 6.45) is 1.94. The van der Waals surface area contributed by atoms with Crippen LogP contribution >= 0.6 is 0 Å². The Labute approximate surface area is 102 Å². The van der Waals surface area contributed by atoms with Gasteiger partial charge in [0.25, 0.3) is 0 Å². The van der Waals surface area contributed by atoms with Crippen molar-refractivity contribution in [2.24, 2.45) is 0 Å². The highest BCUT2D eigenvalue weighted by Gasteiger charge is 2.30. The molecule has 0 saturated carbocycles. The van der Waals surface area contributed by atoms with Gasteiger partial charge in [0.15, 0.2) is 0 Å². The number of hydrogen-bond acceptors (Lipinski definition) is 2. The number of para-hydroxylation sites is 1. The van der Waals surface area contributed by atoms with Gasteiger partial charge in [-0.2, -0.15) is 0 Å². The van der Waals surface area contributed by atoms with Crippen LogP contribution in [0.3, 0.4) is 0 Å². The van der Waals surface area contributed by atoms with Gasteiger partial charge in [0, 0.05) is 36.6 Å². The van der Waals surface area contributed by atoms with E-state index in [0.29, 0.717) is 12.0 Å². The van der Waals surface area contributed by atoms with E-state index in [0.717, 1.165) is 5.52 Å². The molecule has 1 aromatic heterocycles. The van der Waals surface area contributed by atoms with E-state index in [1.165, 1.54) is 24.0 Å². The molecule has 1 aliphatic rings. The second-order valence-electron chi connectivity index (χ2n) is 5.16. The van der Waals surface area contributed by atoms with E-state index in [1.54, 1.807) is 0 Å². The average Bonchev–Trinajstić information content (AvgIpc) is 2.27. The molecule has 2 aromatic rings. The monoisotopic (exact) mass is 226 g/mol. The van der Waals surface area contributed by atoms with Crippen molar-refractivity contribution in [1.29, 1.82) is 0 Å². The van der Waals surface area contributed by atoms with E-state index >= 15 is 0 Å². The zero-order valence-corrected chi connectivity index (χ0v) is 10.4. The first-order valence-electron chi connectivity index (χ1n) is 6.33. The fourth-order valence-corrected chi connectivity index (χ4v) is 2.60. The highest BCUT2D eigenvalue weighted by Crippen LogP contribution is 2.32. The molecular formula is C15H18N2. The Hall–Kier alpha value is -1.41. The molecule has 0 unspecified atom stereocenters. The van der Waals surface area contributed by atoms with Crippen LogP contribution in [0.15, 0.2) is 36.5 Å². The van der Waals surface area contributed by atoms with Crippen LogP contribution < -0.4 is 0 Å². The van der Waals surface area contributed by atoms with Crippen molar-refractivity contribution in [1.82, 2.24) is 9.88 Å². The largest absolute Gasteiger partial charge is 0.300 e. The summed E-state index contributed by atoms with van der Waals surface area (Å²) in [6, 6.07) is 11.3. The van der Waals surface area contributed by atoms with Gasteiger partial charge in [-0.25, -0.2) is 0 Å². The Kier molecular flexibility index (Phi) is 2.60. The first kappa shape index (κ1) is 10.7. The quantitative estimate of drug-likeness (QED) is 0.782. The molecule has 88 valence electrons. The molecule has 3 rings (SSSR count). The standard InChI is InChI=1S/C15H18N2/c1-11(2)17-9-12(10-17)13-7-8-16-15-6-4-3-5-14(13)15/h3-8,11-12H,9-10H2,1-2H3. The molecule has 1 saturated heterocycles. The maximum absolute atomic E-state index is 4.42. The first-order valence-corrected chi connectivity index (χ1v) is 6.33. The highest BCUT2D eigenvalue weighted by molar-refractivity contribution is 5.82. The Morgan fingerprint density at radius 3 is 2.71 bits per heavy atom. The fraction of sp³-hybridized carbons (Fsp3) is 0.400. The van der Waals surface area contributed by atoms with Crippen molar-refractivity contribution >= 4 is 10.9 Å². The van der Waals surface area contributed by atoms with E-state index in [9.17, 15) is 0 Å². The normalized spacial score (nSPS) is 17.6. The molecule has 0 spiro atoms. The molecule has 1 aromatic carbocycles. The Balaban J connectivity index is 1.92. The van der Waals surface area contributed by atoms with Crippen LogP contribution in [0.1, 0.15) is 25.3 Å². The van der Waals surface area contributed by atoms with E-state index in [2.05, 4.69) is 54.1 Å². The van der Waals surface area contributed by atoms with E-state index in [-0.39, 0.29) is 0 Å². The second-order valence-corrected chi connectivity index (χ2v) is 5.16. The van der Waals surface area contributed by atoms with Gasteiger partial charge in [-0.1, -0.05) is 18.2 Å². The molecule has 2 heteroatoms. The number of nitrogens with zero attached hydrogens (tertiary/aromatic N) is 2. The minimum atomic E-state index is 0.666. The highest BCUT2D eigenvalue weighted by atomic mass is 15.2. The van der Waals surface area contributed by atoms with Crippen LogP contribution in [-0.4, -0.2) is 29.0 Å². The second kappa shape index (κ2) is 4.11. The lowest BCUT2D eigenvalue weighted by molar-refractivity contribution is 0.110. The van der Waals surface area contributed by atoms with Gasteiger partial charge < -0.3 is 0 Å². The molecule has 17 heavy (non-hydrogen) atoms. The molecule has 0 bridgehead atoms. The van der Waals surface area contributed by atoms with E-state index < -0.39 is 0 Å². The molecule has 0 N–H and O–H groups in total. The van der Waals surface area contributed by atoms with Crippen LogP contribution in [-0.2, 0) is 0 Å². The van der Waals surface area contributed by atoms with Crippen molar-refractivity contribution in [3.05, 3.63) is 42.1 Å². The average molecular weight is 226 g/mol. The summed E-state index contributed by atoms with van der Waals surface area (Å²) in [5, 5.41) is 1.32. The van der Waals surface area contributed by atoms with Gasteiger partial charge in [0.05, 0.1) is 5.52 Å². The lowest BCUT2D eigenvalue weighted by Crippen LogP contribution is -2.48. The fourth-order valence-electron chi connectivity index (χ4n) is 2.60. The molecule has 0 aliphatic carbocycles. The smallest absolute Gasteiger partial charge is 0.0704 e. The van der Waals surface area contributed by atoms with Crippen molar-refractivity contribution < 1.29 is 0 Å². The summed E-state index contributed by atoms with van der Waals surface area (Å²) in [6.45, 7) is 6.90. The summed E-state index contributed by atoms with van der Waals surface area (Å²) in [4.78, 5) is 6.94. The number of benzene rings is 1. The Bertz CT molecular complexity index is 522. The predicted molar refractivity (Wildman–Crippen MR) is 71.2 cm³/mol. The van der Waals surface area contributed by atoms with Gasteiger partial charge in [-0.15, -0.1) is 0 Å². The SMILES string of the molecule is CC(C)N1CC(c2ccnc3ccccc23)C1. The summed E-state index contributed by atoms with van der Waals surface area (Å²) in [7, 11) is 0. The maximum Gasteiger partial charge on any atom is 0.0704 e. The summed E-state index contributed by atoms with van der Waals surface area (Å²) >= 11 is 0. The number of hydrogen-bond donors (Lipinski definition) is 0. The summed E-state index contributed by atoms with van der Waals surface area (Å²) in [5.74, 6) is 0.685. The van der Waals surface area contributed by atoms with Crippen LogP contribution in [0.25, 0.3) is 10.9 Å². The Morgan fingerprint density at radius 2 is 1.94 bits per heavy atom. The van der Waals surface area contributed by atoms with Gasteiger partial charge in [0.2, 0.25) is 0 Å². The topological polar surface area (TPSA) is 16.1 Å². The van der Waals surface area contributed by atoms with Crippen LogP contribution in [0.2, 0.25) is 0 Å². The lowest BCUT2D eigenvalue weighted by Gasteiger charge is -2.42. The predicted octanol–water partition coefficient (Wildman–Crippen LogP) is 3.04. The Morgan fingerprint density at radius 1 is 1.18 bits per heavy atom. The van der Waals surface area contributed by atoms with Gasteiger partial charge in [-0.05, 0) is 31.5 Å². The third-order valence-electron chi connectivity index (χ3n) is 3.76. The third kappa shape index (κ3) is 1.83. The summed E-state index contributed by atoms with van der Waals surface area (Å²) < 4.78 is 0. The van der Waals surface area contributed by atoms with Gasteiger partial charge in [-0.3, -0.25) is 9.88 Å². The number of aromatic nitrogens is 1. The van der Waals surface area contributed by atoms with Crippen molar-refractivity contribution in [3.8, 4) is 0 Å². The molecular weight excluding hydrogens is 208 g/mol. The van der Waals surface area contributed by atoms with E-state index in [1.807, 2.05) is 6.20 Å². The number of fused-ring (bicyclic) bond motifs is 1. The van der Waals surface area contributed by atoms with Crippen LogP contribution in [0.5, 0.6) is 0 Å². The lowest BCUT2D eigenvalue weighted by atomic mass is 9.88. The molecule has 0 atom stereocenters. The third-order valence-corrected chi connectivity index (χ3v) is 3.76. The first-order chi connectivity index (χ1) is 8.25. The molecule has 0 amide bonds. The van der Waals surface area contributed by atoms with Crippen molar-refractivity contribution in [3.63, 3.8) is 0 Å². The molecule has 2 nitrogen and oxygen atoms in total. The molecule has 1 aliphatic heterocycles. The zero-order chi connectivity index (χ0) is 11.8. The van der Waals surface area contributed by atoms with E-state index in [4.69, 9.17) is 0 Å². The molecule has 0 radical (unpaired) electrons. The van der Waals surface area contributed by atoms with Crippen LogP contribution in [0, 0.1) is 0 Å². The number of likely N-dealkylation sites (tertiary alicyclic amines) is 1. The van der Waals surface area contributed by atoms with Crippen LogP contribution in [0.4, 0.5) is 0 Å². The number of pyridine rings is 1. The maximum atomic E-state index is 4.42. The van der Waals surface area contributed by atoms with Crippen molar-refractivity contribution in [2.75, 3.05) is 13.1 Å². The number of rotatable bonds is 2. The van der Waals surface area contributed by atoms with Gasteiger partial charge >= 0.3 is 0 Å². The van der Waals surface area contributed by atoms with Gasteiger partial charge in [0.1, 0.15) is 0 Å². The molecule has 2 heterocycles. The van der Waals surface area contributed by atoms with Crippen molar-refractivity contribution in [2.45, 2.75) is 25.8 Å².